The third-order valence-corrected chi connectivity index (χ3v) is 4.44. The molecule has 7 nitrogen and oxygen atoms in total. The Kier molecular flexibility index (Phi) is 4.29. The van der Waals surface area contributed by atoms with E-state index in [4.69, 9.17) is 4.74 Å². The molecule has 0 N–H and O–H groups in total. The first-order chi connectivity index (χ1) is 12.5. The number of rotatable bonds is 5. The number of benzene rings is 2. The molecule has 1 unspecified atom stereocenters. The molecule has 0 fully saturated rings. The SMILES string of the molecule is C=CCOC(=O)C1(c2ccccc2[N+](=O)[O-])C(=O)N(C)c2ccccc21. The minimum Gasteiger partial charge on any atom is -0.460 e. The number of nitrogens with zero attached hydrogens (tertiary/aromatic N) is 2. The van der Waals surface area contributed by atoms with Crippen LogP contribution in [0, 0.1) is 10.1 Å². The smallest absolute Gasteiger partial charge is 0.331 e. The molecule has 1 atom stereocenters. The maximum Gasteiger partial charge on any atom is 0.331 e. The summed E-state index contributed by atoms with van der Waals surface area (Å²) in [4.78, 5) is 38.6. The van der Waals surface area contributed by atoms with Gasteiger partial charge in [0, 0.05) is 24.4 Å². The second-order valence-electron chi connectivity index (χ2n) is 5.79. The predicted molar refractivity (Wildman–Crippen MR) is 94.9 cm³/mol. The average Bonchev–Trinajstić information content (AvgIpc) is 2.88. The van der Waals surface area contributed by atoms with Crippen molar-refractivity contribution in [3.8, 4) is 0 Å². The van der Waals surface area contributed by atoms with Gasteiger partial charge in [0.05, 0.1) is 10.5 Å². The van der Waals surface area contributed by atoms with Crippen molar-refractivity contribution >= 4 is 23.3 Å². The molecular formula is C19H16N2O5. The van der Waals surface area contributed by atoms with Gasteiger partial charge in [-0.3, -0.25) is 19.7 Å². The number of ether oxygens (including phenoxy) is 1. The Balaban J connectivity index is 2.37. The molecule has 7 heteroatoms. The van der Waals surface area contributed by atoms with E-state index >= 15 is 0 Å². The molecule has 1 heterocycles. The number of nitro benzene ring substituents is 1. The molecule has 1 aliphatic heterocycles. The topological polar surface area (TPSA) is 89.7 Å². The average molecular weight is 352 g/mol. The summed E-state index contributed by atoms with van der Waals surface area (Å²) in [6, 6.07) is 12.4. The van der Waals surface area contributed by atoms with Gasteiger partial charge in [-0.25, -0.2) is 0 Å². The van der Waals surface area contributed by atoms with Gasteiger partial charge in [-0.05, 0) is 6.07 Å². The zero-order chi connectivity index (χ0) is 18.9. The van der Waals surface area contributed by atoms with Gasteiger partial charge in [-0.15, -0.1) is 0 Å². The number of carbonyl (C=O) groups is 2. The second-order valence-corrected chi connectivity index (χ2v) is 5.79. The molecular weight excluding hydrogens is 336 g/mol. The minimum atomic E-state index is -1.93. The molecule has 0 saturated carbocycles. The van der Waals surface area contributed by atoms with E-state index in [-0.39, 0.29) is 17.9 Å². The fourth-order valence-corrected chi connectivity index (χ4v) is 3.32. The van der Waals surface area contributed by atoms with Gasteiger partial charge in [0.2, 0.25) is 5.41 Å². The van der Waals surface area contributed by atoms with Crippen LogP contribution in [0.4, 0.5) is 11.4 Å². The zero-order valence-corrected chi connectivity index (χ0v) is 14.0. The first-order valence-electron chi connectivity index (χ1n) is 7.86. The molecule has 1 aliphatic rings. The molecule has 0 aliphatic carbocycles. The standard InChI is InChI=1S/C19H16N2O5/c1-3-12-26-18(23)19(14-9-5-7-11-16(14)21(24)25)13-8-4-6-10-15(13)20(2)17(19)22/h3-11H,1,12H2,2H3. The number of para-hydroxylation sites is 2. The number of hydrogen-bond acceptors (Lipinski definition) is 5. The second kappa shape index (κ2) is 6.44. The highest BCUT2D eigenvalue weighted by atomic mass is 16.6. The largest absolute Gasteiger partial charge is 0.460 e. The Morgan fingerprint density at radius 1 is 1.23 bits per heavy atom. The predicted octanol–water partition coefficient (Wildman–Crippen LogP) is 2.59. The van der Waals surface area contributed by atoms with Crippen LogP contribution in [0.2, 0.25) is 0 Å². The highest BCUT2D eigenvalue weighted by molar-refractivity contribution is 6.23. The molecule has 26 heavy (non-hydrogen) atoms. The summed E-state index contributed by atoms with van der Waals surface area (Å²) in [6.45, 7) is 3.39. The lowest BCUT2D eigenvalue weighted by Crippen LogP contribution is -2.47. The van der Waals surface area contributed by atoms with Crippen LogP contribution in [0.3, 0.4) is 0 Å². The summed E-state index contributed by atoms with van der Waals surface area (Å²) in [5.41, 5.74) is -1.40. The Bertz CT molecular complexity index is 924. The van der Waals surface area contributed by atoms with E-state index in [0.29, 0.717) is 11.3 Å². The maximum atomic E-state index is 13.2. The number of esters is 1. The number of fused-ring (bicyclic) bond motifs is 1. The molecule has 2 aromatic rings. The maximum absolute atomic E-state index is 13.2. The molecule has 0 bridgehead atoms. The fourth-order valence-electron chi connectivity index (χ4n) is 3.32. The first kappa shape index (κ1) is 17.3. The number of anilines is 1. The number of hydrogen-bond donors (Lipinski definition) is 0. The molecule has 0 aromatic heterocycles. The number of nitro groups is 1. The Morgan fingerprint density at radius 2 is 1.85 bits per heavy atom. The van der Waals surface area contributed by atoms with Crippen molar-refractivity contribution in [2.24, 2.45) is 0 Å². The Morgan fingerprint density at radius 3 is 2.50 bits per heavy atom. The monoisotopic (exact) mass is 352 g/mol. The van der Waals surface area contributed by atoms with E-state index in [0.717, 1.165) is 0 Å². The summed E-state index contributed by atoms with van der Waals surface area (Å²) in [5.74, 6) is -1.46. The van der Waals surface area contributed by atoms with Crippen molar-refractivity contribution in [2.75, 3.05) is 18.6 Å². The van der Waals surface area contributed by atoms with Crippen molar-refractivity contribution < 1.29 is 19.2 Å². The van der Waals surface area contributed by atoms with Crippen LogP contribution in [-0.4, -0.2) is 30.5 Å². The molecule has 0 saturated heterocycles. The fraction of sp³-hybridized carbons (Fsp3) is 0.158. The molecule has 0 spiro atoms. The molecule has 132 valence electrons. The van der Waals surface area contributed by atoms with Crippen LogP contribution in [0.1, 0.15) is 11.1 Å². The van der Waals surface area contributed by atoms with Crippen LogP contribution >= 0.6 is 0 Å². The van der Waals surface area contributed by atoms with E-state index in [1.54, 1.807) is 30.3 Å². The number of amides is 1. The summed E-state index contributed by atoms with van der Waals surface area (Å²) in [7, 11) is 1.53. The van der Waals surface area contributed by atoms with Gasteiger partial charge in [0.25, 0.3) is 11.6 Å². The third kappa shape index (κ3) is 2.28. The highest BCUT2D eigenvalue weighted by Crippen LogP contribution is 2.48. The van der Waals surface area contributed by atoms with Gasteiger partial charge in [-0.1, -0.05) is 49.1 Å². The van der Waals surface area contributed by atoms with Gasteiger partial charge in [0.15, 0.2) is 0 Å². The van der Waals surface area contributed by atoms with Gasteiger partial charge >= 0.3 is 5.97 Å². The number of likely N-dealkylation sites (N-methyl/N-ethyl adjacent to an activating group) is 1. The zero-order valence-electron chi connectivity index (χ0n) is 14.0. The quantitative estimate of drug-likeness (QED) is 0.271. The van der Waals surface area contributed by atoms with Crippen LogP contribution < -0.4 is 4.90 Å². The van der Waals surface area contributed by atoms with Crippen LogP contribution in [0.25, 0.3) is 0 Å². The Hall–Kier alpha value is -3.48. The lowest BCUT2D eigenvalue weighted by Gasteiger charge is -2.26. The molecule has 3 rings (SSSR count). The van der Waals surface area contributed by atoms with Crippen molar-refractivity contribution in [3.05, 3.63) is 82.4 Å². The van der Waals surface area contributed by atoms with Gasteiger partial charge in [-0.2, -0.15) is 0 Å². The summed E-state index contributed by atoms with van der Waals surface area (Å²) in [6.07, 6.45) is 1.38. The minimum absolute atomic E-state index is 0.0131. The lowest BCUT2D eigenvalue weighted by atomic mass is 9.74. The van der Waals surface area contributed by atoms with Crippen LogP contribution in [0.5, 0.6) is 0 Å². The summed E-state index contributed by atoms with van der Waals surface area (Å²) < 4.78 is 5.22. The first-order valence-corrected chi connectivity index (χ1v) is 7.86. The normalized spacial score (nSPS) is 18.3. The molecule has 1 amide bonds. The number of carbonyl (C=O) groups excluding carboxylic acids is 2. The van der Waals surface area contributed by atoms with Crippen molar-refractivity contribution in [3.63, 3.8) is 0 Å². The third-order valence-electron chi connectivity index (χ3n) is 4.44. The van der Waals surface area contributed by atoms with Crippen LogP contribution in [-0.2, 0) is 19.7 Å². The Labute approximate surface area is 149 Å². The summed E-state index contributed by atoms with van der Waals surface area (Å²) >= 11 is 0. The molecule has 0 radical (unpaired) electrons. The highest BCUT2D eigenvalue weighted by Gasteiger charge is 2.60. The van der Waals surface area contributed by atoms with Crippen molar-refractivity contribution in [1.29, 1.82) is 0 Å². The summed E-state index contributed by atoms with van der Waals surface area (Å²) in [5, 5.41) is 11.6. The lowest BCUT2D eigenvalue weighted by molar-refractivity contribution is -0.385. The van der Waals surface area contributed by atoms with Crippen molar-refractivity contribution in [1.82, 2.24) is 0 Å². The van der Waals surface area contributed by atoms with E-state index in [9.17, 15) is 19.7 Å². The van der Waals surface area contributed by atoms with E-state index < -0.39 is 22.2 Å². The van der Waals surface area contributed by atoms with E-state index in [1.165, 1.54) is 36.2 Å². The molecule has 2 aromatic carbocycles. The van der Waals surface area contributed by atoms with E-state index in [2.05, 4.69) is 6.58 Å². The van der Waals surface area contributed by atoms with Gasteiger partial charge < -0.3 is 9.64 Å². The van der Waals surface area contributed by atoms with Crippen molar-refractivity contribution in [2.45, 2.75) is 5.41 Å². The van der Waals surface area contributed by atoms with E-state index in [1.807, 2.05) is 0 Å². The van der Waals surface area contributed by atoms with Gasteiger partial charge in [0.1, 0.15) is 6.61 Å². The van der Waals surface area contributed by atoms with Crippen LogP contribution in [0.15, 0.2) is 61.2 Å².